The van der Waals surface area contributed by atoms with Crippen LogP contribution in [0.3, 0.4) is 0 Å². The molecule has 0 spiro atoms. The number of nitrogens with zero attached hydrogens (tertiary/aromatic N) is 2. The van der Waals surface area contributed by atoms with E-state index in [-0.39, 0.29) is 10.6 Å². The number of carbonyl (C=O) groups is 1. The van der Waals surface area contributed by atoms with E-state index in [1.165, 1.54) is 12.1 Å². The molecule has 0 bridgehead atoms. The van der Waals surface area contributed by atoms with Crippen LogP contribution in [-0.4, -0.2) is 29.7 Å². The fourth-order valence-corrected chi connectivity index (χ4v) is 2.92. The third-order valence-corrected chi connectivity index (χ3v) is 4.58. The molecule has 152 valence electrons. The van der Waals surface area contributed by atoms with E-state index < -0.39 is 11.7 Å². The van der Waals surface area contributed by atoms with Gasteiger partial charge in [0, 0.05) is 23.6 Å². The van der Waals surface area contributed by atoms with Gasteiger partial charge in [0.1, 0.15) is 11.6 Å². The summed E-state index contributed by atoms with van der Waals surface area (Å²) in [6.45, 7) is 0.460. The first kappa shape index (κ1) is 20.8. The Hall–Kier alpha value is -2.93. The lowest BCUT2D eigenvalue weighted by atomic mass is 10.1. The standard InChI is InChI=1S/C21H21ClFN3O3/c1-28-16-9-6-14(7-10-16)20-25-19(29-26-20)5-3-2-4-12-24-21(27)17-11-8-15(22)13-18(17)23/h6-11,13H,2-5,12H2,1H3,(H,24,27). The molecule has 0 aliphatic carbocycles. The number of aromatic nitrogens is 2. The summed E-state index contributed by atoms with van der Waals surface area (Å²) in [7, 11) is 1.61. The molecule has 0 fully saturated rings. The topological polar surface area (TPSA) is 77.3 Å². The number of nitrogens with one attached hydrogen (secondary N) is 1. The highest BCUT2D eigenvalue weighted by Crippen LogP contribution is 2.20. The summed E-state index contributed by atoms with van der Waals surface area (Å²) in [5.41, 5.74) is 0.851. The number of methoxy groups -OCH3 is 1. The van der Waals surface area contributed by atoms with E-state index in [0.29, 0.717) is 24.7 Å². The first-order chi connectivity index (χ1) is 14.1. The van der Waals surface area contributed by atoms with Gasteiger partial charge in [0.25, 0.3) is 5.91 Å². The molecule has 3 rings (SSSR count). The Kier molecular flexibility index (Phi) is 7.19. The Morgan fingerprint density at radius 2 is 1.97 bits per heavy atom. The molecule has 0 saturated heterocycles. The van der Waals surface area contributed by atoms with E-state index in [1.54, 1.807) is 7.11 Å². The van der Waals surface area contributed by atoms with Gasteiger partial charge in [-0.3, -0.25) is 4.79 Å². The summed E-state index contributed by atoms with van der Waals surface area (Å²) in [6.07, 6.45) is 3.13. The number of hydrogen-bond donors (Lipinski definition) is 1. The highest BCUT2D eigenvalue weighted by molar-refractivity contribution is 6.30. The van der Waals surface area contributed by atoms with Crippen LogP contribution in [0.25, 0.3) is 11.4 Å². The molecule has 1 aromatic heterocycles. The average molecular weight is 418 g/mol. The fraction of sp³-hybridized carbons (Fsp3) is 0.286. The maximum Gasteiger partial charge on any atom is 0.254 e. The van der Waals surface area contributed by atoms with Gasteiger partial charge >= 0.3 is 0 Å². The molecule has 1 N–H and O–H groups in total. The molecule has 1 heterocycles. The Bertz CT molecular complexity index is 960. The first-order valence-corrected chi connectivity index (χ1v) is 9.65. The highest BCUT2D eigenvalue weighted by atomic mass is 35.5. The number of halogens is 2. The second kappa shape index (κ2) is 10.0. The lowest BCUT2D eigenvalue weighted by Crippen LogP contribution is -2.25. The maximum atomic E-state index is 13.7. The second-order valence-corrected chi connectivity index (χ2v) is 6.87. The number of benzene rings is 2. The van der Waals surface area contributed by atoms with E-state index in [9.17, 15) is 9.18 Å². The molecular weight excluding hydrogens is 397 g/mol. The number of unbranched alkanes of at least 4 members (excludes halogenated alkanes) is 2. The van der Waals surface area contributed by atoms with Crippen molar-refractivity contribution in [2.24, 2.45) is 0 Å². The molecule has 0 atom stereocenters. The molecule has 0 saturated carbocycles. The number of amides is 1. The van der Waals surface area contributed by atoms with Gasteiger partial charge in [-0.15, -0.1) is 0 Å². The summed E-state index contributed by atoms with van der Waals surface area (Å²) < 4.78 is 24.1. The van der Waals surface area contributed by atoms with Gasteiger partial charge in [-0.05, 0) is 55.3 Å². The van der Waals surface area contributed by atoms with Gasteiger partial charge in [-0.25, -0.2) is 4.39 Å². The number of ether oxygens (including phenoxy) is 1. The Balaban J connectivity index is 1.37. The number of carbonyl (C=O) groups excluding carboxylic acids is 1. The van der Waals surface area contributed by atoms with Gasteiger partial charge < -0.3 is 14.6 Å². The minimum Gasteiger partial charge on any atom is -0.497 e. The van der Waals surface area contributed by atoms with Crippen molar-refractivity contribution in [3.05, 3.63) is 64.8 Å². The van der Waals surface area contributed by atoms with E-state index in [0.717, 1.165) is 36.6 Å². The molecule has 3 aromatic rings. The van der Waals surface area contributed by atoms with Crippen molar-refractivity contribution >= 4 is 17.5 Å². The predicted molar refractivity (Wildman–Crippen MR) is 108 cm³/mol. The first-order valence-electron chi connectivity index (χ1n) is 9.27. The maximum absolute atomic E-state index is 13.7. The molecule has 0 radical (unpaired) electrons. The highest BCUT2D eigenvalue weighted by Gasteiger charge is 2.11. The molecule has 8 heteroatoms. The van der Waals surface area contributed by atoms with Crippen molar-refractivity contribution in [1.82, 2.24) is 15.5 Å². The molecule has 0 unspecified atom stereocenters. The van der Waals surface area contributed by atoms with Crippen molar-refractivity contribution in [3.8, 4) is 17.1 Å². The van der Waals surface area contributed by atoms with Gasteiger partial charge in [0.2, 0.25) is 11.7 Å². The molecule has 6 nitrogen and oxygen atoms in total. The molecule has 0 aliphatic rings. The Morgan fingerprint density at radius 1 is 1.17 bits per heavy atom. The quantitative estimate of drug-likeness (QED) is 0.511. The van der Waals surface area contributed by atoms with Crippen LogP contribution in [-0.2, 0) is 6.42 Å². The van der Waals surface area contributed by atoms with E-state index in [1.807, 2.05) is 24.3 Å². The van der Waals surface area contributed by atoms with Crippen LogP contribution in [0.4, 0.5) is 4.39 Å². The number of aryl methyl sites for hydroxylation is 1. The molecule has 1 amide bonds. The van der Waals surface area contributed by atoms with Crippen LogP contribution >= 0.6 is 11.6 Å². The number of rotatable bonds is 9. The zero-order valence-electron chi connectivity index (χ0n) is 16.0. The third kappa shape index (κ3) is 5.77. The minimum absolute atomic E-state index is 0.00804. The van der Waals surface area contributed by atoms with Gasteiger partial charge in [0.05, 0.1) is 12.7 Å². The minimum atomic E-state index is -0.626. The van der Waals surface area contributed by atoms with Gasteiger partial charge in [0.15, 0.2) is 0 Å². The lowest BCUT2D eigenvalue weighted by Gasteiger charge is -2.06. The van der Waals surface area contributed by atoms with Crippen LogP contribution in [0.15, 0.2) is 47.0 Å². The molecular formula is C21H21ClFN3O3. The summed E-state index contributed by atoms with van der Waals surface area (Å²) in [6, 6.07) is 11.4. The monoisotopic (exact) mass is 417 g/mol. The van der Waals surface area contributed by atoms with Crippen LogP contribution in [0, 0.1) is 5.82 Å². The van der Waals surface area contributed by atoms with E-state index in [2.05, 4.69) is 15.5 Å². The summed E-state index contributed by atoms with van der Waals surface area (Å²) in [4.78, 5) is 16.4. The zero-order valence-corrected chi connectivity index (χ0v) is 16.7. The largest absolute Gasteiger partial charge is 0.497 e. The van der Waals surface area contributed by atoms with Crippen molar-refractivity contribution in [3.63, 3.8) is 0 Å². The molecule has 0 aliphatic heterocycles. The van der Waals surface area contributed by atoms with Gasteiger partial charge in [-0.2, -0.15) is 4.98 Å². The summed E-state index contributed by atoms with van der Waals surface area (Å²) in [5.74, 6) is 0.811. The van der Waals surface area contributed by atoms with Crippen LogP contribution in [0.1, 0.15) is 35.5 Å². The SMILES string of the molecule is COc1ccc(-c2noc(CCCCCNC(=O)c3ccc(Cl)cc3F)n2)cc1. The van der Waals surface area contributed by atoms with Crippen LogP contribution in [0.2, 0.25) is 5.02 Å². The van der Waals surface area contributed by atoms with Crippen molar-refractivity contribution in [1.29, 1.82) is 0 Å². The fourth-order valence-electron chi connectivity index (χ4n) is 2.76. The van der Waals surface area contributed by atoms with E-state index in [4.69, 9.17) is 20.9 Å². The van der Waals surface area contributed by atoms with E-state index >= 15 is 0 Å². The van der Waals surface area contributed by atoms with Crippen LogP contribution in [0.5, 0.6) is 5.75 Å². The van der Waals surface area contributed by atoms with Gasteiger partial charge in [-0.1, -0.05) is 23.2 Å². The Labute approximate surface area is 173 Å². The summed E-state index contributed by atoms with van der Waals surface area (Å²) >= 11 is 5.69. The smallest absolute Gasteiger partial charge is 0.254 e. The normalized spacial score (nSPS) is 10.7. The van der Waals surface area contributed by atoms with Crippen molar-refractivity contribution < 1.29 is 18.4 Å². The van der Waals surface area contributed by atoms with Crippen LogP contribution < -0.4 is 10.1 Å². The van der Waals surface area contributed by atoms with Crippen molar-refractivity contribution in [2.45, 2.75) is 25.7 Å². The predicted octanol–water partition coefficient (Wildman–Crippen LogP) is 4.68. The summed E-state index contributed by atoms with van der Waals surface area (Å²) in [5, 5.41) is 6.97. The van der Waals surface area contributed by atoms with Crippen molar-refractivity contribution in [2.75, 3.05) is 13.7 Å². The third-order valence-electron chi connectivity index (χ3n) is 4.35. The molecule has 2 aromatic carbocycles. The number of hydrogen-bond acceptors (Lipinski definition) is 5. The zero-order chi connectivity index (χ0) is 20.6. The molecule has 29 heavy (non-hydrogen) atoms. The average Bonchev–Trinajstić information content (AvgIpc) is 3.19. The lowest BCUT2D eigenvalue weighted by molar-refractivity contribution is 0.0949. The Morgan fingerprint density at radius 3 is 2.69 bits per heavy atom. The second-order valence-electron chi connectivity index (χ2n) is 6.43.